The number of carbonyl (C=O) groups is 1. The second-order valence-electron chi connectivity index (χ2n) is 9.43. The summed E-state index contributed by atoms with van der Waals surface area (Å²) in [5.74, 6) is 6.03. The number of benzene rings is 1. The molecule has 9 nitrogen and oxygen atoms in total. The molecule has 0 saturated heterocycles. The van der Waals surface area contributed by atoms with Crippen molar-refractivity contribution in [3.8, 4) is 17.6 Å². The highest BCUT2D eigenvalue weighted by Crippen LogP contribution is 2.34. The van der Waals surface area contributed by atoms with Crippen molar-refractivity contribution >= 4 is 16.1 Å². The molecular weight excluding hydrogens is 456 g/mol. The topological polar surface area (TPSA) is 102 Å². The van der Waals surface area contributed by atoms with E-state index in [2.05, 4.69) is 17.2 Å². The van der Waals surface area contributed by atoms with Crippen LogP contribution in [0.3, 0.4) is 0 Å². The minimum atomic E-state index is -3.92. The van der Waals surface area contributed by atoms with E-state index in [1.165, 1.54) is 15.3 Å². The lowest BCUT2D eigenvalue weighted by Crippen LogP contribution is -2.51. The van der Waals surface area contributed by atoms with Crippen LogP contribution >= 0.6 is 0 Å². The number of aliphatic hydroxyl groups excluding tert-OH is 1. The maximum atomic E-state index is 13.5. The number of hydrogen-bond donors (Lipinski definition) is 2. The smallest absolute Gasteiger partial charge is 0.317 e. The summed E-state index contributed by atoms with van der Waals surface area (Å²) in [4.78, 5) is 16.0. The van der Waals surface area contributed by atoms with Crippen LogP contribution in [0.4, 0.5) is 4.79 Å². The largest absolute Gasteiger partial charge is 0.487 e. The number of aliphatic hydroxyl groups is 1. The van der Waals surface area contributed by atoms with Crippen molar-refractivity contribution in [1.29, 1.82) is 0 Å². The summed E-state index contributed by atoms with van der Waals surface area (Å²) in [6.07, 6.45) is -0.476. The fraction of sp³-hybridized carbons (Fsp3) is 0.625. The predicted molar refractivity (Wildman–Crippen MR) is 132 cm³/mol. The molecule has 1 heterocycles. The van der Waals surface area contributed by atoms with E-state index >= 15 is 0 Å². The van der Waals surface area contributed by atoms with E-state index in [0.717, 1.165) is 0 Å². The van der Waals surface area contributed by atoms with Gasteiger partial charge in [-0.3, -0.25) is 4.90 Å². The molecular formula is C24H38N4O5S. The summed E-state index contributed by atoms with van der Waals surface area (Å²) in [7, 11) is 1.59. The highest BCUT2D eigenvalue weighted by molar-refractivity contribution is 7.89. The summed E-state index contributed by atoms with van der Waals surface area (Å²) in [6, 6.07) is 3.94. The van der Waals surface area contributed by atoms with Crippen LogP contribution in [0, 0.1) is 17.8 Å². The van der Waals surface area contributed by atoms with E-state index in [-0.39, 0.29) is 48.3 Å². The van der Waals surface area contributed by atoms with Crippen LogP contribution in [0.25, 0.3) is 0 Å². The van der Waals surface area contributed by atoms with E-state index in [4.69, 9.17) is 4.74 Å². The quantitative estimate of drug-likeness (QED) is 0.580. The molecule has 10 heteroatoms. The molecule has 2 rings (SSSR count). The Hall–Kier alpha value is -2.32. The first-order chi connectivity index (χ1) is 15.9. The van der Waals surface area contributed by atoms with Gasteiger partial charge in [-0.05, 0) is 53.1 Å². The number of sulfonamides is 1. The molecule has 1 aromatic carbocycles. The van der Waals surface area contributed by atoms with Gasteiger partial charge in [0.05, 0.1) is 19.7 Å². The molecule has 1 aliphatic rings. The Labute approximate surface area is 204 Å². The van der Waals surface area contributed by atoms with Gasteiger partial charge in [-0.1, -0.05) is 18.8 Å². The van der Waals surface area contributed by atoms with Gasteiger partial charge < -0.3 is 20.1 Å². The van der Waals surface area contributed by atoms with Gasteiger partial charge in [-0.15, -0.1) is 0 Å². The van der Waals surface area contributed by atoms with Gasteiger partial charge in [-0.2, -0.15) is 4.31 Å². The van der Waals surface area contributed by atoms with Crippen molar-refractivity contribution in [3.63, 3.8) is 0 Å². The van der Waals surface area contributed by atoms with Gasteiger partial charge in [0.15, 0.2) is 0 Å². The van der Waals surface area contributed by atoms with Crippen LogP contribution in [0.2, 0.25) is 0 Å². The van der Waals surface area contributed by atoms with Gasteiger partial charge in [-0.25, -0.2) is 13.2 Å². The summed E-state index contributed by atoms with van der Waals surface area (Å²) >= 11 is 0. The molecule has 2 N–H and O–H groups in total. The highest BCUT2D eigenvalue weighted by atomic mass is 32.2. The van der Waals surface area contributed by atoms with Crippen molar-refractivity contribution in [3.05, 3.63) is 23.8 Å². The summed E-state index contributed by atoms with van der Waals surface area (Å²) in [5, 5.41) is 12.6. The third kappa shape index (κ3) is 7.09. The van der Waals surface area contributed by atoms with E-state index in [9.17, 15) is 18.3 Å². The highest BCUT2D eigenvalue weighted by Gasteiger charge is 2.38. The first kappa shape index (κ1) is 27.9. The first-order valence-corrected chi connectivity index (χ1v) is 12.9. The Morgan fingerprint density at radius 2 is 1.97 bits per heavy atom. The minimum absolute atomic E-state index is 0.0133. The zero-order valence-corrected chi connectivity index (χ0v) is 22.0. The van der Waals surface area contributed by atoms with Gasteiger partial charge in [0.25, 0.3) is 0 Å². The Morgan fingerprint density at radius 1 is 1.29 bits per heavy atom. The number of rotatable bonds is 6. The number of ether oxygens (including phenoxy) is 1. The molecule has 1 aromatic rings. The van der Waals surface area contributed by atoms with Crippen molar-refractivity contribution < 1.29 is 23.1 Å². The average molecular weight is 495 g/mol. The fourth-order valence-corrected chi connectivity index (χ4v) is 5.36. The lowest BCUT2D eigenvalue weighted by Gasteiger charge is -2.37. The molecule has 2 amide bonds. The SMILES string of the molecule is CC(C)NC(=O)N(C)C[C@@H]1Oc2cc(C#CCN(C)C)ccc2S(=O)(=O)N([C@@H](C)CO)C[C@@H]1C. The molecule has 0 aromatic heterocycles. The van der Waals surface area contributed by atoms with Crippen molar-refractivity contribution in [2.45, 2.75) is 50.8 Å². The zero-order valence-electron chi connectivity index (χ0n) is 21.2. The standard InChI is InChI=1S/C24H38N4O5S/c1-17(2)25-24(30)27(7)15-22-18(3)14-28(19(4)16-29)34(31,32)23-11-10-20(13-21(23)33-22)9-8-12-26(5)6/h10-11,13,17-19,22,29H,12,14-16H2,1-7H3,(H,25,30)/t18-,19-,22-/m0/s1. The minimum Gasteiger partial charge on any atom is -0.487 e. The second kappa shape index (κ2) is 11.9. The van der Waals surface area contributed by atoms with Gasteiger partial charge >= 0.3 is 6.03 Å². The lowest BCUT2D eigenvalue weighted by atomic mass is 10.0. The van der Waals surface area contributed by atoms with Crippen molar-refractivity contribution in [2.75, 3.05) is 47.4 Å². The molecule has 0 bridgehead atoms. The van der Waals surface area contributed by atoms with Crippen LogP contribution in [-0.2, 0) is 10.0 Å². The first-order valence-electron chi connectivity index (χ1n) is 11.5. The van der Waals surface area contributed by atoms with Gasteiger partial charge in [0.1, 0.15) is 16.7 Å². The number of amides is 2. The fourth-order valence-electron chi connectivity index (χ4n) is 3.53. The Bertz CT molecular complexity index is 1020. The van der Waals surface area contributed by atoms with Crippen LogP contribution in [0.15, 0.2) is 23.1 Å². The maximum absolute atomic E-state index is 13.5. The summed E-state index contributed by atoms with van der Waals surface area (Å²) in [5.41, 5.74) is 0.635. The number of likely N-dealkylation sites (N-methyl/N-ethyl adjacent to an activating group) is 1. The molecule has 190 valence electrons. The van der Waals surface area contributed by atoms with Crippen LogP contribution < -0.4 is 10.1 Å². The number of hydrogen-bond acceptors (Lipinski definition) is 6. The van der Waals surface area contributed by atoms with Crippen molar-refractivity contribution in [1.82, 2.24) is 19.4 Å². The molecule has 3 atom stereocenters. The summed E-state index contributed by atoms with van der Waals surface area (Å²) < 4.78 is 34.6. The summed E-state index contributed by atoms with van der Waals surface area (Å²) in [6.45, 7) is 7.99. The molecule has 0 unspecified atom stereocenters. The molecule has 0 spiro atoms. The van der Waals surface area contributed by atoms with E-state index < -0.39 is 22.2 Å². The maximum Gasteiger partial charge on any atom is 0.317 e. The van der Waals surface area contributed by atoms with Crippen LogP contribution in [-0.4, -0.2) is 99.2 Å². The second-order valence-corrected chi connectivity index (χ2v) is 11.3. The van der Waals surface area contributed by atoms with Crippen LogP contribution in [0.1, 0.15) is 33.3 Å². The third-order valence-electron chi connectivity index (χ3n) is 5.51. The number of nitrogens with one attached hydrogen (secondary N) is 1. The Morgan fingerprint density at radius 3 is 2.56 bits per heavy atom. The molecule has 34 heavy (non-hydrogen) atoms. The third-order valence-corrected chi connectivity index (χ3v) is 7.53. The van der Waals surface area contributed by atoms with E-state index in [1.54, 1.807) is 26.1 Å². The average Bonchev–Trinajstić information content (AvgIpc) is 2.74. The van der Waals surface area contributed by atoms with Crippen molar-refractivity contribution in [2.24, 2.45) is 5.92 Å². The molecule has 0 radical (unpaired) electrons. The molecule has 0 saturated carbocycles. The van der Waals surface area contributed by atoms with Crippen LogP contribution in [0.5, 0.6) is 5.75 Å². The number of nitrogens with zero attached hydrogens (tertiary/aromatic N) is 3. The number of fused-ring (bicyclic) bond motifs is 1. The Kier molecular flexibility index (Phi) is 9.76. The van der Waals surface area contributed by atoms with E-state index in [1.807, 2.05) is 39.8 Å². The van der Waals surface area contributed by atoms with Gasteiger partial charge in [0.2, 0.25) is 10.0 Å². The normalized spacial score (nSPS) is 20.9. The Balaban J connectivity index is 2.50. The lowest BCUT2D eigenvalue weighted by molar-refractivity contribution is 0.0809. The van der Waals surface area contributed by atoms with Gasteiger partial charge in [0, 0.05) is 37.2 Å². The predicted octanol–water partition coefficient (Wildman–Crippen LogP) is 1.42. The zero-order chi connectivity index (χ0) is 25.6. The number of urea groups is 1. The molecule has 1 aliphatic heterocycles. The number of carbonyl (C=O) groups excluding carboxylic acids is 1. The van der Waals surface area contributed by atoms with E-state index in [0.29, 0.717) is 12.1 Å². The molecule has 0 fully saturated rings. The monoisotopic (exact) mass is 494 g/mol. The molecule has 0 aliphatic carbocycles.